The maximum atomic E-state index is 7.32. The van der Waals surface area contributed by atoms with Crippen molar-refractivity contribution >= 4 is 122 Å². The van der Waals surface area contributed by atoms with Crippen molar-refractivity contribution in [1.82, 2.24) is 4.57 Å². The number of rotatable bonds is 2. The van der Waals surface area contributed by atoms with Crippen molar-refractivity contribution in [2.24, 2.45) is 0 Å². The molecule has 0 N–H and O–H groups in total. The Balaban J connectivity index is 1.14. The molecule has 282 valence electrons. The molecular formula is C54H36BN3OS. The number of thiophene rings is 1. The average molecular weight is 786 g/mol. The summed E-state index contributed by atoms with van der Waals surface area (Å²) >= 11 is 1.87. The number of furan rings is 1. The molecule has 60 heavy (non-hydrogen) atoms. The van der Waals surface area contributed by atoms with Crippen LogP contribution >= 0.6 is 11.3 Å². The van der Waals surface area contributed by atoms with E-state index in [1.165, 1.54) is 98.0 Å². The van der Waals surface area contributed by atoms with Gasteiger partial charge in [0.05, 0.1) is 39.4 Å². The molecule has 0 saturated carbocycles. The van der Waals surface area contributed by atoms with Crippen molar-refractivity contribution in [1.29, 1.82) is 0 Å². The molecule has 3 aromatic heterocycles. The number of para-hydroxylation sites is 3. The summed E-state index contributed by atoms with van der Waals surface area (Å²) in [5, 5.41) is 6.26. The van der Waals surface area contributed by atoms with E-state index in [9.17, 15) is 0 Å². The second kappa shape index (κ2) is 11.4. The number of hydrogen-bond donors (Lipinski definition) is 0. The van der Waals surface area contributed by atoms with Crippen LogP contribution in [0.5, 0.6) is 0 Å². The van der Waals surface area contributed by atoms with Crippen LogP contribution in [0.25, 0.3) is 69.8 Å². The van der Waals surface area contributed by atoms with Gasteiger partial charge in [-0.05, 0) is 93.7 Å². The van der Waals surface area contributed by atoms with Gasteiger partial charge in [0, 0.05) is 53.4 Å². The molecule has 0 unspecified atom stereocenters. The fraction of sp³-hybridized carbons (Fsp3) is 0.0741. The zero-order valence-electron chi connectivity index (χ0n) is 33.3. The Labute approximate surface area is 351 Å². The summed E-state index contributed by atoms with van der Waals surface area (Å²) in [6, 6.07) is 60.9. The van der Waals surface area contributed by atoms with Crippen LogP contribution in [0.3, 0.4) is 0 Å². The van der Waals surface area contributed by atoms with Crippen LogP contribution in [0, 0.1) is 0 Å². The van der Waals surface area contributed by atoms with Crippen LogP contribution in [0.2, 0.25) is 0 Å². The number of anilines is 6. The third-order valence-electron chi connectivity index (χ3n) is 13.4. The normalized spacial score (nSPS) is 13.8. The minimum Gasteiger partial charge on any atom is -0.468 e. The molecule has 0 atom stereocenters. The maximum Gasteiger partial charge on any atom is 0.297 e. The van der Waals surface area contributed by atoms with Gasteiger partial charge in [0.2, 0.25) is 0 Å². The molecule has 4 nitrogen and oxygen atoms in total. The molecule has 0 amide bonds. The molecule has 3 aliphatic heterocycles. The SMILES string of the molecule is CC(C)(C)c1cc2c3c(c1)N1c4c(cccc4-n4c5ccccc5c5cccc1c54)B3c1oc3ccc(-c4ccccc4)cc3c1N2c1ccc2c(c1)sc1ccccc12. The summed E-state index contributed by atoms with van der Waals surface area (Å²) in [6.45, 7) is 6.90. The summed E-state index contributed by atoms with van der Waals surface area (Å²) < 4.78 is 12.4. The van der Waals surface area contributed by atoms with E-state index >= 15 is 0 Å². The van der Waals surface area contributed by atoms with Gasteiger partial charge in [-0.1, -0.05) is 124 Å². The van der Waals surface area contributed by atoms with Crippen molar-refractivity contribution in [2.75, 3.05) is 9.80 Å². The first-order valence-corrected chi connectivity index (χ1v) is 21.7. The number of benzene rings is 8. The lowest BCUT2D eigenvalue weighted by molar-refractivity contribution is 0.590. The molecule has 8 aromatic carbocycles. The molecule has 3 aliphatic rings. The molecule has 0 aliphatic carbocycles. The van der Waals surface area contributed by atoms with Gasteiger partial charge in [-0.3, -0.25) is 0 Å². The smallest absolute Gasteiger partial charge is 0.297 e. The summed E-state index contributed by atoms with van der Waals surface area (Å²) in [5.41, 5.74) is 18.7. The van der Waals surface area contributed by atoms with E-state index in [-0.39, 0.29) is 12.1 Å². The first-order valence-electron chi connectivity index (χ1n) is 20.9. The van der Waals surface area contributed by atoms with Crippen LogP contribution in [-0.2, 0) is 5.41 Å². The Bertz CT molecular complexity index is 3680. The fourth-order valence-corrected chi connectivity index (χ4v) is 11.9. The lowest BCUT2D eigenvalue weighted by atomic mass is 9.35. The Kier molecular flexibility index (Phi) is 6.24. The summed E-state index contributed by atoms with van der Waals surface area (Å²) in [4.78, 5) is 5.13. The predicted molar refractivity (Wildman–Crippen MR) is 255 cm³/mol. The second-order valence-corrected chi connectivity index (χ2v) is 18.8. The van der Waals surface area contributed by atoms with Crippen LogP contribution in [0.15, 0.2) is 168 Å². The van der Waals surface area contributed by atoms with Gasteiger partial charge in [-0.2, -0.15) is 0 Å². The highest BCUT2D eigenvalue weighted by Gasteiger charge is 2.49. The first kappa shape index (κ1) is 32.9. The van der Waals surface area contributed by atoms with Crippen LogP contribution in [-0.4, -0.2) is 11.3 Å². The monoisotopic (exact) mass is 785 g/mol. The second-order valence-electron chi connectivity index (χ2n) is 17.7. The molecule has 0 saturated heterocycles. The van der Waals surface area contributed by atoms with Crippen LogP contribution < -0.4 is 26.4 Å². The third-order valence-corrected chi connectivity index (χ3v) is 14.5. The van der Waals surface area contributed by atoms with E-state index in [4.69, 9.17) is 4.42 Å². The number of nitrogens with zero attached hydrogens (tertiary/aromatic N) is 3. The van der Waals surface area contributed by atoms with Crippen molar-refractivity contribution in [3.05, 3.63) is 169 Å². The van der Waals surface area contributed by atoms with E-state index in [0.717, 1.165) is 28.0 Å². The van der Waals surface area contributed by atoms with Gasteiger partial charge < -0.3 is 18.8 Å². The van der Waals surface area contributed by atoms with Gasteiger partial charge >= 0.3 is 0 Å². The molecule has 11 aromatic rings. The molecule has 0 spiro atoms. The van der Waals surface area contributed by atoms with Gasteiger partial charge in [0.15, 0.2) is 0 Å². The molecule has 0 bridgehead atoms. The minimum atomic E-state index is -0.135. The Morgan fingerprint density at radius 1 is 0.517 bits per heavy atom. The topological polar surface area (TPSA) is 24.6 Å². The lowest BCUT2D eigenvalue weighted by Crippen LogP contribution is -2.61. The lowest BCUT2D eigenvalue weighted by Gasteiger charge is -2.45. The van der Waals surface area contributed by atoms with Crippen molar-refractivity contribution in [3.8, 4) is 16.8 Å². The Hall–Kier alpha value is -7.02. The third kappa shape index (κ3) is 4.16. The first-order chi connectivity index (χ1) is 29.4. The summed E-state index contributed by atoms with van der Waals surface area (Å²) in [7, 11) is 0. The molecular weight excluding hydrogens is 749 g/mol. The van der Waals surface area contributed by atoms with Crippen molar-refractivity contribution in [3.63, 3.8) is 0 Å². The Morgan fingerprint density at radius 3 is 2.12 bits per heavy atom. The van der Waals surface area contributed by atoms with Gasteiger partial charge in [0.25, 0.3) is 6.71 Å². The molecule has 14 rings (SSSR count). The quantitative estimate of drug-likeness (QED) is 0.163. The van der Waals surface area contributed by atoms with Crippen LogP contribution in [0.1, 0.15) is 26.3 Å². The largest absolute Gasteiger partial charge is 0.468 e. The van der Waals surface area contributed by atoms with Crippen molar-refractivity contribution in [2.45, 2.75) is 26.2 Å². The maximum absolute atomic E-state index is 7.32. The van der Waals surface area contributed by atoms with E-state index in [0.29, 0.717) is 0 Å². The van der Waals surface area contributed by atoms with Crippen LogP contribution in [0.4, 0.5) is 34.1 Å². The number of aromatic nitrogens is 1. The van der Waals surface area contributed by atoms with E-state index in [2.05, 4.69) is 199 Å². The van der Waals surface area contributed by atoms with E-state index < -0.39 is 0 Å². The fourth-order valence-electron chi connectivity index (χ4n) is 10.7. The predicted octanol–water partition coefficient (Wildman–Crippen LogP) is 13.3. The van der Waals surface area contributed by atoms with Crippen molar-refractivity contribution < 1.29 is 4.42 Å². The zero-order valence-corrected chi connectivity index (χ0v) is 34.1. The molecule has 6 heteroatoms. The van der Waals surface area contributed by atoms with Gasteiger partial charge in [0.1, 0.15) is 5.58 Å². The molecule has 0 radical (unpaired) electrons. The van der Waals surface area contributed by atoms with E-state index in [1.807, 2.05) is 11.3 Å². The highest BCUT2D eigenvalue weighted by Crippen LogP contribution is 2.54. The highest BCUT2D eigenvalue weighted by molar-refractivity contribution is 7.25. The average Bonchev–Trinajstić information content (AvgIpc) is 3.95. The summed E-state index contributed by atoms with van der Waals surface area (Å²) in [6.07, 6.45) is 0. The zero-order chi connectivity index (χ0) is 39.6. The molecule has 0 fully saturated rings. The minimum absolute atomic E-state index is 0.127. The standard InChI is InChI=1S/C54H36BN3OS/c1-54(2,3)33-28-44-49-45(29-33)58-42-20-11-17-38-35-15-7-9-19-41(35)57(50(38)42)43-21-12-18-40(52(43)58)55(49)53-51(39-27-32(23-26-46(39)59-53)31-13-5-4-6-14-31)56(44)34-24-25-37-36-16-8-10-22-47(36)60-48(37)30-34/h4-30H,1-3H3. The highest BCUT2D eigenvalue weighted by atomic mass is 32.1. The van der Waals surface area contributed by atoms with Gasteiger partial charge in [-0.25, -0.2) is 0 Å². The van der Waals surface area contributed by atoms with Gasteiger partial charge in [-0.15, -0.1) is 11.3 Å². The Morgan fingerprint density at radius 2 is 1.25 bits per heavy atom. The van der Waals surface area contributed by atoms with E-state index in [1.54, 1.807) is 0 Å². The number of fused-ring (bicyclic) bond motifs is 14. The summed E-state index contributed by atoms with van der Waals surface area (Å²) in [5.74, 6) is 0. The number of hydrogen-bond acceptors (Lipinski definition) is 4. The molecule has 6 heterocycles.